The second kappa shape index (κ2) is 3.99. The summed E-state index contributed by atoms with van der Waals surface area (Å²) in [6, 6.07) is 9.00. The molecule has 0 heterocycles. The average Bonchev–Trinajstić information content (AvgIpc) is 2.39. The predicted octanol–water partition coefficient (Wildman–Crippen LogP) is 3.57. The maximum Gasteiger partial charge on any atom is 0.0501 e. The summed E-state index contributed by atoms with van der Waals surface area (Å²) in [5.41, 5.74) is 3.28. The molecule has 0 aromatic heterocycles. The van der Waals surface area contributed by atoms with E-state index in [1.165, 1.54) is 18.4 Å². The molecule has 0 fully saturated rings. The van der Waals surface area contributed by atoms with Crippen LogP contribution in [0.25, 0.3) is 0 Å². The van der Waals surface area contributed by atoms with Gasteiger partial charge in [0.1, 0.15) is 0 Å². The molecule has 2 aliphatic rings. The lowest BCUT2D eigenvalue weighted by Crippen LogP contribution is -2.50. The number of fused-ring (bicyclic) bond motifs is 3. The quantitative estimate of drug-likeness (QED) is 0.723. The van der Waals surface area contributed by atoms with Crippen LogP contribution in [0.15, 0.2) is 36.4 Å². The fourth-order valence-corrected chi connectivity index (χ4v) is 3.85. The first-order valence-electron chi connectivity index (χ1n) is 6.71. The van der Waals surface area contributed by atoms with Crippen LogP contribution in [0.4, 0.5) is 0 Å². The van der Waals surface area contributed by atoms with Crippen LogP contribution in [-0.2, 0) is 5.54 Å². The van der Waals surface area contributed by atoms with Crippen molar-refractivity contribution in [2.24, 2.45) is 5.92 Å². The molecule has 0 spiro atoms. The maximum atomic E-state index is 3.64. The third-order valence-corrected chi connectivity index (χ3v) is 4.78. The van der Waals surface area contributed by atoms with E-state index in [1.807, 2.05) is 0 Å². The molecule has 1 nitrogen and oxygen atoms in total. The van der Waals surface area contributed by atoms with E-state index in [-0.39, 0.29) is 5.54 Å². The molecule has 1 heteroatoms. The van der Waals surface area contributed by atoms with Crippen molar-refractivity contribution < 1.29 is 0 Å². The number of benzene rings is 1. The van der Waals surface area contributed by atoms with Crippen LogP contribution in [0, 0.1) is 5.92 Å². The van der Waals surface area contributed by atoms with Gasteiger partial charge in [0.15, 0.2) is 0 Å². The van der Waals surface area contributed by atoms with E-state index in [0.29, 0.717) is 5.92 Å². The van der Waals surface area contributed by atoms with Crippen molar-refractivity contribution >= 4 is 0 Å². The summed E-state index contributed by atoms with van der Waals surface area (Å²) in [7, 11) is 2.12. The zero-order valence-corrected chi connectivity index (χ0v) is 10.7. The number of allylic oxidation sites excluding steroid dienone is 1. The largest absolute Gasteiger partial charge is 0.310 e. The van der Waals surface area contributed by atoms with Gasteiger partial charge < -0.3 is 5.32 Å². The molecule has 2 aliphatic carbocycles. The first-order chi connectivity index (χ1) is 8.28. The van der Waals surface area contributed by atoms with E-state index in [4.69, 9.17) is 0 Å². The Hall–Kier alpha value is -1.08. The summed E-state index contributed by atoms with van der Waals surface area (Å²) < 4.78 is 0. The van der Waals surface area contributed by atoms with Crippen LogP contribution in [0.2, 0.25) is 0 Å². The zero-order valence-electron chi connectivity index (χ0n) is 10.7. The number of hydrogen-bond acceptors (Lipinski definition) is 1. The highest BCUT2D eigenvalue weighted by Crippen LogP contribution is 2.49. The molecule has 0 radical (unpaired) electrons. The molecular weight excluding hydrogens is 206 g/mol. The number of rotatable bonds is 1. The molecule has 1 N–H and O–H groups in total. The van der Waals surface area contributed by atoms with Crippen molar-refractivity contribution in [3.8, 4) is 0 Å². The third-order valence-electron chi connectivity index (χ3n) is 4.78. The second-order valence-electron chi connectivity index (χ2n) is 5.55. The average molecular weight is 227 g/mol. The Kier molecular flexibility index (Phi) is 2.59. The van der Waals surface area contributed by atoms with Crippen LogP contribution in [0.5, 0.6) is 0 Å². The highest BCUT2D eigenvalue weighted by atomic mass is 15.0. The van der Waals surface area contributed by atoms with Gasteiger partial charge in [0.25, 0.3) is 0 Å². The molecule has 1 unspecified atom stereocenters. The lowest BCUT2D eigenvalue weighted by atomic mass is 9.62. The smallest absolute Gasteiger partial charge is 0.0501 e. The highest BCUT2D eigenvalue weighted by molar-refractivity contribution is 5.41. The van der Waals surface area contributed by atoms with Crippen LogP contribution in [0.3, 0.4) is 0 Å². The first-order valence-corrected chi connectivity index (χ1v) is 6.71. The van der Waals surface area contributed by atoms with Crippen LogP contribution in [0.1, 0.15) is 43.2 Å². The summed E-state index contributed by atoms with van der Waals surface area (Å²) in [5.74, 6) is 1.45. The Balaban J connectivity index is 2.18. The van der Waals surface area contributed by atoms with E-state index in [0.717, 1.165) is 12.3 Å². The maximum absolute atomic E-state index is 3.64. The lowest BCUT2D eigenvalue weighted by molar-refractivity contribution is 0.175. The molecule has 0 amide bonds. The van der Waals surface area contributed by atoms with Gasteiger partial charge in [0.05, 0.1) is 5.54 Å². The van der Waals surface area contributed by atoms with Gasteiger partial charge in [-0.05, 0) is 49.3 Å². The fraction of sp³-hybridized carbons (Fsp3) is 0.500. The predicted molar refractivity (Wildman–Crippen MR) is 72.1 cm³/mol. The van der Waals surface area contributed by atoms with E-state index in [2.05, 4.69) is 55.7 Å². The Bertz CT molecular complexity index is 449. The molecule has 0 saturated heterocycles. The topological polar surface area (TPSA) is 12.0 Å². The van der Waals surface area contributed by atoms with Gasteiger partial charge >= 0.3 is 0 Å². The molecular formula is C16H21N. The Morgan fingerprint density at radius 1 is 1.24 bits per heavy atom. The van der Waals surface area contributed by atoms with Gasteiger partial charge in [-0.1, -0.05) is 43.3 Å². The van der Waals surface area contributed by atoms with E-state index in [1.54, 1.807) is 5.56 Å². The van der Waals surface area contributed by atoms with Crippen molar-refractivity contribution in [1.29, 1.82) is 0 Å². The Morgan fingerprint density at radius 2 is 2.06 bits per heavy atom. The Morgan fingerprint density at radius 3 is 2.88 bits per heavy atom. The monoisotopic (exact) mass is 227 g/mol. The number of hydrogen-bond donors (Lipinski definition) is 1. The number of nitrogens with one attached hydrogen (secondary N) is 1. The summed E-state index contributed by atoms with van der Waals surface area (Å²) in [6.45, 7) is 2.37. The summed E-state index contributed by atoms with van der Waals surface area (Å²) in [6.07, 6.45) is 8.38. The molecule has 1 aromatic rings. The van der Waals surface area contributed by atoms with E-state index < -0.39 is 0 Å². The van der Waals surface area contributed by atoms with Gasteiger partial charge in [0, 0.05) is 0 Å². The molecule has 3 atom stereocenters. The van der Waals surface area contributed by atoms with Gasteiger partial charge in [-0.15, -0.1) is 0 Å². The van der Waals surface area contributed by atoms with Crippen molar-refractivity contribution in [2.75, 3.05) is 7.05 Å². The van der Waals surface area contributed by atoms with Crippen LogP contribution >= 0.6 is 0 Å². The van der Waals surface area contributed by atoms with E-state index in [9.17, 15) is 0 Å². The third kappa shape index (κ3) is 1.49. The van der Waals surface area contributed by atoms with Crippen molar-refractivity contribution in [1.82, 2.24) is 5.32 Å². The van der Waals surface area contributed by atoms with Crippen LogP contribution < -0.4 is 5.32 Å². The fourth-order valence-electron chi connectivity index (χ4n) is 3.85. The molecule has 90 valence electrons. The van der Waals surface area contributed by atoms with Crippen molar-refractivity contribution in [3.63, 3.8) is 0 Å². The van der Waals surface area contributed by atoms with Crippen LogP contribution in [-0.4, -0.2) is 7.05 Å². The van der Waals surface area contributed by atoms with Crippen molar-refractivity contribution in [3.05, 3.63) is 47.5 Å². The summed E-state index contributed by atoms with van der Waals surface area (Å²) >= 11 is 0. The highest BCUT2D eigenvalue weighted by Gasteiger charge is 2.44. The minimum atomic E-state index is 0.192. The SMILES string of the molecule is CN[C@@]12CC=CC[C@@H]1CC(C)c1ccccc12. The second-order valence-corrected chi connectivity index (χ2v) is 5.55. The molecule has 0 aliphatic heterocycles. The van der Waals surface area contributed by atoms with Gasteiger partial charge in [-0.2, -0.15) is 0 Å². The minimum Gasteiger partial charge on any atom is -0.310 e. The normalized spacial score (nSPS) is 35.2. The van der Waals surface area contributed by atoms with Crippen molar-refractivity contribution in [2.45, 2.75) is 37.6 Å². The summed E-state index contributed by atoms with van der Waals surface area (Å²) in [5, 5.41) is 3.64. The first kappa shape index (κ1) is 11.0. The van der Waals surface area contributed by atoms with Gasteiger partial charge in [-0.25, -0.2) is 0 Å². The molecule has 0 bridgehead atoms. The molecule has 0 saturated carbocycles. The van der Waals surface area contributed by atoms with Gasteiger partial charge in [0.2, 0.25) is 0 Å². The molecule has 1 aromatic carbocycles. The van der Waals surface area contributed by atoms with E-state index >= 15 is 0 Å². The molecule has 17 heavy (non-hydrogen) atoms. The zero-order chi connectivity index (χ0) is 11.9. The summed E-state index contributed by atoms with van der Waals surface area (Å²) in [4.78, 5) is 0. The lowest BCUT2D eigenvalue weighted by Gasteiger charge is -2.48. The Labute approximate surface area is 104 Å². The van der Waals surface area contributed by atoms with Gasteiger partial charge in [-0.3, -0.25) is 0 Å². The minimum absolute atomic E-state index is 0.192. The molecule has 3 rings (SSSR count). The standard InChI is InChI=1S/C16H21N/c1-12-11-13-7-5-6-10-16(13,17-2)15-9-4-3-8-14(12)15/h3-6,8-9,12-13,17H,7,10-11H2,1-2H3/t12?,13-,16+/m1/s1.